The molecule has 5 nitrogen and oxygen atoms in total. The van der Waals surface area contributed by atoms with Gasteiger partial charge in [0.2, 0.25) is 5.91 Å². The van der Waals surface area contributed by atoms with Gasteiger partial charge in [0.1, 0.15) is 11.7 Å². The fourth-order valence-corrected chi connectivity index (χ4v) is 3.13. The summed E-state index contributed by atoms with van der Waals surface area (Å²) in [6, 6.07) is 13.0. The van der Waals surface area contributed by atoms with Crippen molar-refractivity contribution in [1.82, 2.24) is 14.8 Å². The molecular weight excluding hydrogens is 314 g/mol. The van der Waals surface area contributed by atoms with Crippen molar-refractivity contribution >= 4 is 11.8 Å². The van der Waals surface area contributed by atoms with Crippen molar-refractivity contribution < 1.29 is 9.59 Å². The fourth-order valence-electron chi connectivity index (χ4n) is 3.13. The van der Waals surface area contributed by atoms with E-state index in [4.69, 9.17) is 0 Å². The van der Waals surface area contributed by atoms with Gasteiger partial charge in [-0.15, -0.1) is 0 Å². The van der Waals surface area contributed by atoms with E-state index in [9.17, 15) is 9.59 Å². The van der Waals surface area contributed by atoms with Crippen molar-refractivity contribution in [2.75, 3.05) is 6.54 Å². The number of amides is 2. The van der Waals surface area contributed by atoms with Gasteiger partial charge < -0.3 is 14.8 Å². The summed E-state index contributed by atoms with van der Waals surface area (Å²) in [5.41, 5.74) is 1.66. The van der Waals surface area contributed by atoms with Gasteiger partial charge >= 0.3 is 0 Å². The Bertz CT molecular complexity index is 736. The maximum absolute atomic E-state index is 12.9. The Morgan fingerprint density at radius 3 is 2.68 bits per heavy atom. The van der Waals surface area contributed by atoms with Gasteiger partial charge in [0, 0.05) is 19.3 Å². The smallest absolute Gasteiger partial charge is 0.271 e. The average molecular weight is 339 g/mol. The zero-order chi connectivity index (χ0) is 17.8. The van der Waals surface area contributed by atoms with Gasteiger partial charge in [0.15, 0.2) is 0 Å². The maximum atomic E-state index is 12.9. The summed E-state index contributed by atoms with van der Waals surface area (Å²) in [5, 5.41) is 3.00. The van der Waals surface area contributed by atoms with Crippen LogP contribution in [0.15, 0.2) is 48.7 Å². The van der Waals surface area contributed by atoms with Gasteiger partial charge in [-0.3, -0.25) is 9.59 Å². The molecule has 0 saturated carbocycles. The van der Waals surface area contributed by atoms with E-state index in [0.717, 1.165) is 12.0 Å². The Labute approximate surface area is 148 Å². The summed E-state index contributed by atoms with van der Waals surface area (Å²) < 4.78 is 1.87. The molecule has 2 aromatic rings. The zero-order valence-corrected chi connectivity index (χ0v) is 14.8. The fraction of sp³-hybridized carbons (Fsp3) is 0.400. The molecule has 25 heavy (non-hydrogen) atoms. The number of fused-ring (bicyclic) bond motifs is 1. The lowest BCUT2D eigenvalue weighted by Gasteiger charge is -2.35. The molecule has 0 spiro atoms. The molecule has 1 atom stereocenters. The van der Waals surface area contributed by atoms with E-state index in [1.807, 2.05) is 53.2 Å². The number of hydrogen-bond donors (Lipinski definition) is 1. The third-order valence-electron chi connectivity index (χ3n) is 4.57. The van der Waals surface area contributed by atoms with Gasteiger partial charge in [-0.25, -0.2) is 0 Å². The van der Waals surface area contributed by atoms with Gasteiger partial charge in [-0.05, 0) is 30.0 Å². The lowest BCUT2D eigenvalue weighted by molar-refractivity contribution is -0.126. The second-order valence-corrected chi connectivity index (χ2v) is 6.95. The molecule has 1 aliphatic heterocycles. The largest absolute Gasteiger partial charge is 0.354 e. The van der Waals surface area contributed by atoms with E-state index in [-0.39, 0.29) is 11.8 Å². The highest BCUT2D eigenvalue weighted by atomic mass is 16.2. The first kappa shape index (κ1) is 17.3. The number of carbonyl (C=O) groups excluding carboxylic acids is 2. The molecule has 1 unspecified atom stereocenters. The second-order valence-electron chi connectivity index (χ2n) is 6.95. The minimum absolute atomic E-state index is 0.0794. The molecule has 1 aromatic heterocycles. The van der Waals surface area contributed by atoms with Crippen LogP contribution in [0.25, 0.3) is 0 Å². The van der Waals surface area contributed by atoms with Gasteiger partial charge in [-0.2, -0.15) is 0 Å². The number of aromatic nitrogens is 1. The Morgan fingerprint density at radius 1 is 1.20 bits per heavy atom. The Balaban J connectivity index is 1.80. The number of hydrogen-bond acceptors (Lipinski definition) is 2. The molecule has 1 aliphatic rings. The van der Waals surface area contributed by atoms with Crippen LogP contribution in [0.5, 0.6) is 0 Å². The summed E-state index contributed by atoms with van der Waals surface area (Å²) in [6.07, 6.45) is 2.79. The predicted octanol–water partition coefficient (Wildman–Crippen LogP) is 2.68. The lowest BCUT2D eigenvalue weighted by atomic mass is 10.1. The Morgan fingerprint density at radius 2 is 1.96 bits per heavy atom. The van der Waals surface area contributed by atoms with Crippen molar-refractivity contribution in [1.29, 1.82) is 0 Å². The van der Waals surface area contributed by atoms with Crippen molar-refractivity contribution in [2.45, 2.75) is 39.4 Å². The summed E-state index contributed by atoms with van der Waals surface area (Å²) in [6.45, 7) is 5.83. The third-order valence-corrected chi connectivity index (χ3v) is 4.57. The van der Waals surface area contributed by atoms with Crippen LogP contribution in [0.3, 0.4) is 0 Å². The quantitative estimate of drug-likeness (QED) is 0.880. The van der Waals surface area contributed by atoms with Crippen LogP contribution in [-0.2, 0) is 17.9 Å². The predicted molar refractivity (Wildman–Crippen MR) is 97.0 cm³/mol. The molecule has 0 radical (unpaired) electrons. The average Bonchev–Trinajstić information content (AvgIpc) is 3.06. The van der Waals surface area contributed by atoms with Gasteiger partial charge in [0.05, 0.1) is 6.54 Å². The highest BCUT2D eigenvalue weighted by Gasteiger charge is 2.36. The zero-order valence-electron chi connectivity index (χ0n) is 14.8. The summed E-state index contributed by atoms with van der Waals surface area (Å²) in [4.78, 5) is 27.3. The molecule has 3 rings (SSSR count). The molecule has 2 amide bonds. The number of rotatable bonds is 6. The monoisotopic (exact) mass is 339 g/mol. The molecule has 0 aliphatic carbocycles. The van der Waals surface area contributed by atoms with Crippen LogP contribution in [0.4, 0.5) is 0 Å². The summed E-state index contributed by atoms with van der Waals surface area (Å²) >= 11 is 0. The molecule has 5 heteroatoms. The third kappa shape index (κ3) is 3.92. The maximum Gasteiger partial charge on any atom is 0.271 e. The van der Waals surface area contributed by atoms with Crippen molar-refractivity contribution in [3.63, 3.8) is 0 Å². The van der Waals surface area contributed by atoms with Crippen LogP contribution < -0.4 is 5.32 Å². The van der Waals surface area contributed by atoms with Crippen molar-refractivity contribution in [2.24, 2.45) is 5.92 Å². The SMILES string of the molecule is CC(C)CCNC(=O)C1Cn2cccc2C(=O)N1Cc1ccccc1. The van der Waals surface area contributed by atoms with Crippen LogP contribution in [0, 0.1) is 5.92 Å². The van der Waals surface area contributed by atoms with Crippen LogP contribution in [0.2, 0.25) is 0 Å². The van der Waals surface area contributed by atoms with E-state index in [2.05, 4.69) is 19.2 Å². The highest BCUT2D eigenvalue weighted by molar-refractivity contribution is 5.97. The minimum atomic E-state index is -0.486. The first-order chi connectivity index (χ1) is 12.1. The summed E-state index contributed by atoms with van der Waals surface area (Å²) in [5.74, 6) is 0.359. The second kappa shape index (κ2) is 7.55. The molecular formula is C20H25N3O2. The minimum Gasteiger partial charge on any atom is -0.354 e. The van der Waals surface area contributed by atoms with E-state index >= 15 is 0 Å². The normalized spacial score (nSPS) is 16.8. The molecule has 1 aromatic carbocycles. The van der Waals surface area contributed by atoms with Gasteiger partial charge in [0.25, 0.3) is 5.91 Å². The Kier molecular flexibility index (Phi) is 5.22. The van der Waals surface area contributed by atoms with E-state index in [1.165, 1.54) is 0 Å². The lowest BCUT2D eigenvalue weighted by Crippen LogP contribution is -2.54. The Hall–Kier alpha value is -2.56. The molecule has 0 saturated heterocycles. The van der Waals surface area contributed by atoms with E-state index in [0.29, 0.717) is 31.2 Å². The first-order valence-electron chi connectivity index (χ1n) is 8.84. The molecule has 0 fully saturated rings. The topological polar surface area (TPSA) is 54.3 Å². The van der Waals surface area contributed by atoms with Crippen LogP contribution in [0.1, 0.15) is 36.3 Å². The van der Waals surface area contributed by atoms with Crippen LogP contribution in [-0.4, -0.2) is 33.9 Å². The standard InChI is InChI=1S/C20H25N3O2/c1-15(2)10-11-21-19(24)18-14-22-12-6-9-17(22)20(25)23(18)13-16-7-4-3-5-8-16/h3-9,12,15,18H,10-11,13-14H2,1-2H3,(H,21,24). The first-order valence-corrected chi connectivity index (χ1v) is 8.84. The number of nitrogens with one attached hydrogen (secondary N) is 1. The molecule has 1 N–H and O–H groups in total. The summed E-state index contributed by atoms with van der Waals surface area (Å²) in [7, 11) is 0. The van der Waals surface area contributed by atoms with Crippen molar-refractivity contribution in [3.8, 4) is 0 Å². The molecule has 0 bridgehead atoms. The molecule has 2 heterocycles. The highest BCUT2D eigenvalue weighted by Crippen LogP contribution is 2.21. The van der Waals surface area contributed by atoms with E-state index < -0.39 is 6.04 Å². The number of nitrogens with zero attached hydrogens (tertiary/aromatic N) is 2. The van der Waals surface area contributed by atoms with Gasteiger partial charge in [-0.1, -0.05) is 44.2 Å². The van der Waals surface area contributed by atoms with Crippen LogP contribution >= 0.6 is 0 Å². The molecule has 132 valence electrons. The van der Waals surface area contributed by atoms with E-state index in [1.54, 1.807) is 4.90 Å². The number of carbonyl (C=O) groups is 2. The van der Waals surface area contributed by atoms with Crippen molar-refractivity contribution in [3.05, 3.63) is 59.9 Å². The number of benzene rings is 1.